The third kappa shape index (κ3) is 3.45. The highest BCUT2D eigenvalue weighted by atomic mass is 79.9. The first-order valence-electron chi connectivity index (χ1n) is 5.50. The van der Waals surface area contributed by atoms with Crippen molar-refractivity contribution < 1.29 is 8.42 Å². The molecule has 0 unspecified atom stereocenters. The van der Waals surface area contributed by atoms with Crippen LogP contribution in [0.5, 0.6) is 0 Å². The van der Waals surface area contributed by atoms with Gasteiger partial charge in [-0.3, -0.25) is 0 Å². The van der Waals surface area contributed by atoms with Crippen LogP contribution in [-0.2, 0) is 16.4 Å². The van der Waals surface area contributed by atoms with Crippen LogP contribution in [0.2, 0.25) is 0 Å². The number of rotatable bonds is 5. The molecule has 0 radical (unpaired) electrons. The molecule has 0 spiro atoms. The van der Waals surface area contributed by atoms with E-state index < -0.39 is 9.84 Å². The smallest absolute Gasteiger partial charge is 0.151 e. The van der Waals surface area contributed by atoms with E-state index in [0.717, 1.165) is 10.2 Å². The van der Waals surface area contributed by atoms with Crippen molar-refractivity contribution >= 4 is 31.6 Å². The number of nitrogens with zero attached hydrogens (tertiary/aromatic N) is 2. The van der Waals surface area contributed by atoms with Gasteiger partial charge in [0.05, 0.1) is 22.5 Å². The van der Waals surface area contributed by atoms with Gasteiger partial charge in [-0.1, -0.05) is 20.8 Å². The highest BCUT2D eigenvalue weighted by molar-refractivity contribution is 9.10. The molecule has 0 aliphatic heterocycles. The molecule has 0 fully saturated rings. The SMILES string of the molecule is CCS(=O)(=O)CCn1nc(C(C)C)c(Br)c1N. The monoisotopic (exact) mass is 323 g/mol. The Morgan fingerprint density at radius 3 is 2.47 bits per heavy atom. The Morgan fingerprint density at radius 1 is 1.47 bits per heavy atom. The predicted octanol–water partition coefficient (Wildman–Crippen LogP) is 1.79. The molecule has 1 heterocycles. The number of nitrogen functional groups attached to an aromatic ring is 1. The fourth-order valence-electron chi connectivity index (χ4n) is 1.38. The average molecular weight is 324 g/mol. The van der Waals surface area contributed by atoms with Gasteiger partial charge in [0.15, 0.2) is 9.84 Å². The van der Waals surface area contributed by atoms with Gasteiger partial charge in [-0.05, 0) is 21.8 Å². The first-order valence-corrected chi connectivity index (χ1v) is 8.12. The molecular formula is C10H18BrN3O2S. The molecule has 0 aliphatic rings. The molecule has 0 aliphatic carbocycles. The fourth-order valence-corrected chi connectivity index (χ4v) is 2.86. The van der Waals surface area contributed by atoms with Crippen molar-refractivity contribution in [2.24, 2.45) is 0 Å². The number of halogens is 1. The minimum absolute atomic E-state index is 0.0688. The van der Waals surface area contributed by atoms with Crippen LogP contribution in [0, 0.1) is 0 Å². The number of aromatic nitrogens is 2. The van der Waals surface area contributed by atoms with Crippen molar-refractivity contribution in [2.75, 3.05) is 17.2 Å². The summed E-state index contributed by atoms with van der Waals surface area (Å²) in [5.41, 5.74) is 6.73. The summed E-state index contributed by atoms with van der Waals surface area (Å²) in [4.78, 5) is 0. The van der Waals surface area contributed by atoms with Gasteiger partial charge in [0.1, 0.15) is 5.82 Å². The van der Waals surface area contributed by atoms with Crippen LogP contribution in [0.25, 0.3) is 0 Å². The Hall–Kier alpha value is -0.560. The second-order valence-corrected chi connectivity index (χ2v) is 7.46. The van der Waals surface area contributed by atoms with Gasteiger partial charge in [0.2, 0.25) is 0 Å². The maximum Gasteiger partial charge on any atom is 0.151 e. The molecule has 2 N–H and O–H groups in total. The molecule has 0 aromatic carbocycles. The molecule has 0 saturated carbocycles. The molecule has 0 saturated heterocycles. The molecule has 0 bridgehead atoms. The van der Waals surface area contributed by atoms with Crippen molar-refractivity contribution in [3.8, 4) is 0 Å². The summed E-state index contributed by atoms with van der Waals surface area (Å²) in [5.74, 6) is 0.946. The predicted molar refractivity (Wildman–Crippen MR) is 72.8 cm³/mol. The summed E-state index contributed by atoms with van der Waals surface area (Å²) in [6, 6.07) is 0. The Kier molecular flexibility index (Phi) is 4.60. The first-order chi connectivity index (χ1) is 7.78. The zero-order valence-electron chi connectivity index (χ0n) is 10.3. The lowest BCUT2D eigenvalue weighted by Crippen LogP contribution is -2.16. The van der Waals surface area contributed by atoms with Crippen LogP contribution in [0.4, 0.5) is 5.82 Å². The largest absolute Gasteiger partial charge is 0.383 e. The van der Waals surface area contributed by atoms with Crippen molar-refractivity contribution in [1.29, 1.82) is 0 Å². The van der Waals surface area contributed by atoms with E-state index in [1.54, 1.807) is 11.6 Å². The molecular weight excluding hydrogens is 306 g/mol. The van der Waals surface area contributed by atoms with Gasteiger partial charge in [-0.2, -0.15) is 5.10 Å². The van der Waals surface area contributed by atoms with E-state index in [1.807, 2.05) is 13.8 Å². The summed E-state index contributed by atoms with van der Waals surface area (Å²) in [6.45, 7) is 5.96. The van der Waals surface area contributed by atoms with E-state index in [9.17, 15) is 8.42 Å². The van der Waals surface area contributed by atoms with E-state index in [1.165, 1.54) is 0 Å². The van der Waals surface area contributed by atoms with Gasteiger partial charge in [-0.15, -0.1) is 0 Å². The molecule has 7 heteroatoms. The standard InChI is InChI=1S/C10H18BrN3O2S/c1-4-17(15,16)6-5-14-10(12)8(11)9(13-14)7(2)3/h7H,4-6,12H2,1-3H3. The van der Waals surface area contributed by atoms with Gasteiger partial charge in [0.25, 0.3) is 0 Å². The number of nitrogens with two attached hydrogens (primary N) is 1. The van der Waals surface area contributed by atoms with Crippen molar-refractivity contribution in [3.05, 3.63) is 10.2 Å². The summed E-state index contributed by atoms with van der Waals surface area (Å²) >= 11 is 3.38. The second kappa shape index (κ2) is 5.39. The average Bonchev–Trinajstić information content (AvgIpc) is 2.54. The van der Waals surface area contributed by atoms with Crippen molar-refractivity contribution in [2.45, 2.75) is 33.2 Å². The van der Waals surface area contributed by atoms with Crippen LogP contribution in [0.15, 0.2) is 4.47 Å². The highest BCUT2D eigenvalue weighted by Gasteiger charge is 2.17. The van der Waals surface area contributed by atoms with Crippen molar-refractivity contribution in [3.63, 3.8) is 0 Å². The lowest BCUT2D eigenvalue weighted by molar-refractivity contribution is 0.580. The van der Waals surface area contributed by atoms with Gasteiger partial charge >= 0.3 is 0 Å². The Balaban J connectivity index is 2.90. The minimum Gasteiger partial charge on any atom is -0.383 e. The minimum atomic E-state index is -2.99. The topological polar surface area (TPSA) is 78.0 Å². The maximum absolute atomic E-state index is 11.4. The highest BCUT2D eigenvalue weighted by Crippen LogP contribution is 2.29. The van der Waals surface area contributed by atoms with Crippen molar-refractivity contribution in [1.82, 2.24) is 9.78 Å². The summed E-state index contributed by atoms with van der Waals surface area (Å²) < 4.78 is 25.1. The van der Waals surface area contributed by atoms with E-state index in [-0.39, 0.29) is 17.4 Å². The lowest BCUT2D eigenvalue weighted by Gasteiger charge is -2.04. The number of hydrogen-bond donors (Lipinski definition) is 1. The van der Waals surface area contributed by atoms with Crippen LogP contribution in [0.1, 0.15) is 32.4 Å². The van der Waals surface area contributed by atoms with Gasteiger partial charge in [0, 0.05) is 5.75 Å². The zero-order valence-corrected chi connectivity index (χ0v) is 12.7. The van der Waals surface area contributed by atoms with Crippen LogP contribution < -0.4 is 5.73 Å². The molecule has 98 valence electrons. The second-order valence-electron chi connectivity index (χ2n) is 4.20. The number of hydrogen-bond acceptors (Lipinski definition) is 4. The van der Waals surface area contributed by atoms with E-state index in [0.29, 0.717) is 12.4 Å². The molecule has 0 amide bonds. The molecule has 5 nitrogen and oxygen atoms in total. The molecule has 1 aromatic rings. The summed E-state index contributed by atoms with van der Waals surface area (Å²) in [7, 11) is -2.99. The normalized spacial score (nSPS) is 12.3. The Bertz CT molecular complexity index is 494. The lowest BCUT2D eigenvalue weighted by atomic mass is 10.1. The quantitative estimate of drug-likeness (QED) is 0.896. The van der Waals surface area contributed by atoms with E-state index in [2.05, 4.69) is 21.0 Å². The Morgan fingerprint density at radius 2 is 2.06 bits per heavy atom. The number of anilines is 1. The zero-order chi connectivity index (χ0) is 13.2. The molecule has 1 rings (SSSR count). The fraction of sp³-hybridized carbons (Fsp3) is 0.700. The van der Waals surface area contributed by atoms with Crippen LogP contribution in [-0.4, -0.2) is 29.7 Å². The third-order valence-corrected chi connectivity index (χ3v) is 5.05. The molecule has 1 aromatic heterocycles. The number of sulfone groups is 1. The first kappa shape index (κ1) is 14.5. The number of aryl methyl sites for hydroxylation is 1. The summed E-state index contributed by atoms with van der Waals surface area (Å²) in [6.07, 6.45) is 0. The van der Waals surface area contributed by atoms with E-state index in [4.69, 9.17) is 5.73 Å². The molecule has 0 atom stereocenters. The Labute approximate surface area is 110 Å². The van der Waals surface area contributed by atoms with Gasteiger partial charge in [-0.25, -0.2) is 13.1 Å². The maximum atomic E-state index is 11.4. The van der Waals surface area contributed by atoms with Gasteiger partial charge < -0.3 is 5.73 Å². The van der Waals surface area contributed by atoms with E-state index >= 15 is 0 Å². The van der Waals surface area contributed by atoms with Crippen LogP contribution in [0.3, 0.4) is 0 Å². The summed E-state index contributed by atoms with van der Waals surface area (Å²) in [5, 5.41) is 4.33. The van der Waals surface area contributed by atoms with Crippen LogP contribution >= 0.6 is 15.9 Å². The molecule has 17 heavy (non-hydrogen) atoms. The third-order valence-electron chi connectivity index (χ3n) is 2.56.